The van der Waals surface area contributed by atoms with Gasteiger partial charge >= 0.3 is 0 Å². The fourth-order valence-corrected chi connectivity index (χ4v) is 3.46. The second kappa shape index (κ2) is 6.53. The molecule has 2 aromatic carbocycles. The van der Waals surface area contributed by atoms with Gasteiger partial charge in [0.1, 0.15) is 0 Å². The Bertz CT molecular complexity index is 898. The molecule has 2 nitrogen and oxygen atoms in total. The first kappa shape index (κ1) is 18.1. The molecule has 0 spiro atoms. The van der Waals surface area contributed by atoms with Gasteiger partial charge in [0.05, 0.1) is 0 Å². The summed E-state index contributed by atoms with van der Waals surface area (Å²) in [5.74, 6) is -0.850. The third kappa shape index (κ3) is 3.08. The molecule has 0 aliphatic heterocycles. The van der Waals surface area contributed by atoms with Crippen molar-refractivity contribution in [2.24, 2.45) is 0 Å². The number of hydrogen-bond donors (Lipinski definition) is 0. The van der Waals surface area contributed by atoms with Gasteiger partial charge in [-0.3, -0.25) is 9.59 Å². The van der Waals surface area contributed by atoms with Crippen molar-refractivity contribution >= 4 is 11.6 Å². The van der Waals surface area contributed by atoms with E-state index in [2.05, 4.69) is 26.0 Å². The summed E-state index contributed by atoms with van der Waals surface area (Å²) in [5, 5.41) is 0. The van der Waals surface area contributed by atoms with Gasteiger partial charge in [-0.15, -0.1) is 0 Å². The highest BCUT2D eigenvalue weighted by Gasteiger charge is 2.38. The predicted molar refractivity (Wildman–Crippen MR) is 105 cm³/mol. The van der Waals surface area contributed by atoms with Crippen molar-refractivity contribution in [2.45, 2.75) is 38.5 Å². The fraction of sp³-hybridized carbons (Fsp3) is 0.250. The summed E-state index contributed by atoms with van der Waals surface area (Å²) in [6, 6.07) is 19.9. The predicted octanol–water partition coefficient (Wildman–Crippen LogP) is 4.95. The Hall–Kier alpha value is -2.74. The van der Waals surface area contributed by atoms with Crippen molar-refractivity contribution in [3.05, 3.63) is 95.1 Å². The average molecular weight is 344 g/mol. The Morgan fingerprint density at radius 3 is 1.58 bits per heavy atom. The van der Waals surface area contributed by atoms with Crippen molar-refractivity contribution in [2.75, 3.05) is 0 Å². The van der Waals surface area contributed by atoms with Gasteiger partial charge in [0.2, 0.25) is 11.6 Å². The van der Waals surface area contributed by atoms with Gasteiger partial charge in [0.25, 0.3) is 0 Å². The van der Waals surface area contributed by atoms with Gasteiger partial charge < -0.3 is 0 Å². The SMILES string of the molecule is CC(C)(C1=CC(=O)C(=O)C(C(C)(C)c2ccccc2)=C1)c1ccccc1. The molecule has 0 atom stereocenters. The minimum atomic E-state index is -0.541. The zero-order valence-corrected chi connectivity index (χ0v) is 15.7. The molecule has 0 N–H and O–H groups in total. The maximum Gasteiger partial charge on any atom is 0.229 e. The van der Waals surface area contributed by atoms with Crippen LogP contribution in [0.1, 0.15) is 38.8 Å². The molecular formula is C24H24O2. The van der Waals surface area contributed by atoms with Crippen molar-refractivity contribution < 1.29 is 9.59 Å². The van der Waals surface area contributed by atoms with Crippen LogP contribution in [0.15, 0.2) is 84.0 Å². The van der Waals surface area contributed by atoms with Gasteiger partial charge in [0.15, 0.2) is 0 Å². The highest BCUT2D eigenvalue weighted by atomic mass is 16.2. The quantitative estimate of drug-likeness (QED) is 0.581. The van der Waals surface area contributed by atoms with E-state index in [0.717, 1.165) is 16.7 Å². The van der Waals surface area contributed by atoms with Crippen LogP contribution in [0.2, 0.25) is 0 Å². The smallest absolute Gasteiger partial charge is 0.229 e. The van der Waals surface area contributed by atoms with Crippen molar-refractivity contribution in [1.82, 2.24) is 0 Å². The lowest BCUT2D eigenvalue weighted by Crippen LogP contribution is -2.34. The van der Waals surface area contributed by atoms with Crippen LogP contribution in [0, 0.1) is 0 Å². The monoisotopic (exact) mass is 344 g/mol. The minimum Gasteiger partial charge on any atom is -0.286 e. The minimum absolute atomic E-state index is 0.365. The number of allylic oxidation sites excluding steroid dienone is 4. The lowest BCUT2D eigenvalue weighted by atomic mass is 9.69. The van der Waals surface area contributed by atoms with Crippen LogP contribution >= 0.6 is 0 Å². The summed E-state index contributed by atoms with van der Waals surface area (Å²) in [7, 11) is 0. The van der Waals surface area contributed by atoms with Gasteiger partial charge in [0, 0.05) is 16.4 Å². The molecular weight excluding hydrogens is 320 g/mol. The normalized spacial score (nSPS) is 15.5. The number of hydrogen-bond acceptors (Lipinski definition) is 2. The first-order valence-corrected chi connectivity index (χ1v) is 8.88. The van der Waals surface area contributed by atoms with Crippen LogP contribution in [-0.2, 0) is 20.4 Å². The first-order valence-electron chi connectivity index (χ1n) is 8.88. The molecule has 0 heterocycles. The van der Waals surface area contributed by atoms with Crippen LogP contribution < -0.4 is 0 Å². The molecule has 0 saturated carbocycles. The van der Waals surface area contributed by atoms with Crippen LogP contribution in [0.25, 0.3) is 0 Å². The van der Waals surface area contributed by atoms with E-state index in [1.165, 1.54) is 6.08 Å². The van der Waals surface area contributed by atoms with Gasteiger partial charge in [-0.1, -0.05) is 88.4 Å². The molecule has 2 heteroatoms. The molecule has 0 radical (unpaired) electrons. The van der Waals surface area contributed by atoms with E-state index in [0.29, 0.717) is 5.57 Å². The second-order valence-corrected chi connectivity index (χ2v) is 7.83. The summed E-state index contributed by atoms with van der Waals surface area (Å²) >= 11 is 0. The maximum atomic E-state index is 12.7. The number of Topliss-reactive ketones (excluding diaryl/α,β-unsaturated/α-hetero) is 1. The third-order valence-corrected chi connectivity index (χ3v) is 5.44. The summed E-state index contributed by atoms with van der Waals surface area (Å²) < 4.78 is 0. The van der Waals surface area contributed by atoms with Crippen LogP contribution in [0.5, 0.6) is 0 Å². The van der Waals surface area contributed by atoms with Crippen molar-refractivity contribution in [3.63, 3.8) is 0 Å². The van der Waals surface area contributed by atoms with E-state index >= 15 is 0 Å². The first-order chi connectivity index (χ1) is 12.2. The summed E-state index contributed by atoms with van der Waals surface area (Å²) in [6.45, 7) is 8.16. The van der Waals surface area contributed by atoms with Crippen LogP contribution in [0.3, 0.4) is 0 Å². The fourth-order valence-electron chi connectivity index (χ4n) is 3.46. The maximum absolute atomic E-state index is 12.7. The topological polar surface area (TPSA) is 34.1 Å². The molecule has 0 amide bonds. The number of carbonyl (C=O) groups is 2. The van der Waals surface area contributed by atoms with E-state index in [1.54, 1.807) is 0 Å². The Labute approximate surface area is 155 Å². The molecule has 1 aliphatic rings. The number of carbonyl (C=O) groups excluding carboxylic acids is 2. The van der Waals surface area contributed by atoms with Crippen molar-refractivity contribution in [3.8, 4) is 0 Å². The molecule has 0 unspecified atom stereocenters. The molecule has 2 aromatic rings. The van der Waals surface area contributed by atoms with Gasteiger partial charge in [-0.2, -0.15) is 0 Å². The average Bonchev–Trinajstić information content (AvgIpc) is 2.65. The van der Waals surface area contributed by atoms with Crippen LogP contribution in [-0.4, -0.2) is 11.6 Å². The molecule has 26 heavy (non-hydrogen) atoms. The van der Waals surface area contributed by atoms with Crippen molar-refractivity contribution in [1.29, 1.82) is 0 Å². The number of rotatable bonds is 4. The largest absolute Gasteiger partial charge is 0.286 e. The third-order valence-electron chi connectivity index (χ3n) is 5.44. The number of ketones is 2. The summed E-state index contributed by atoms with van der Waals surface area (Å²) in [5.41, 5.74) is 2.64. The molecule has 0 bridgehead atoms. The summed E-state index contributed by atoms with van der Waals surface area (Å²) in [4.78, 5) is 25.2. The van der Waals surface area contributed by atoms with Gasteiger partial charge in [-0.05, 0) is 28.9 Å². The van der Waals surface area contributed by atoms with E-state index in [9.17, 15) is 9.59 Å². The zero-order chi connectivity index (χ0) is 18.9. The Morgan fingerprint density at radius 1 is 0.615 bits per heavy atom. The molecule has 1 aliphatic carbocycles. The highest BCUT2D eigenvalue weighted by Crippen LogP contribution is 2.39. The van der Waals surface area contributed by atoms with E-state index in [4.69, 9.17) is 0 Å². The molecule has 132 valence electrons. The van der Waals surface area contributed by atoms with E-state index in [1.807, 2.05) is 68.5 Å². The highest BCUT2D eigenvalue weighted by molar-refractivity contribution is 6.49. The molecule has 3 rings (SSSR count). The lowest BCUT2D eigenvalue weighted by Gasteiger charge is -2.33. The zero-order valence-electron chi connectivity index (χ0n) is 15.7. The Balaban J connectivity index is 2.10. The standard InChI is InChI=1S/C24H24O2/c1-23(2,17-11-7-5-8-12-17)19-15-20(22(26)21(25)16-19)24(3,4)18-13-9-6-10-14-18/h5-16H,1-4H3. The second-order valence-electron chi connectivity index (χ2n) is 7.83. The van der Waals surface area contributed by atoms with E-state index in [-0.39, 0.29) is 5.41 Å². The van der Waals surface area contributed by atoms with E-state index < -0.39 is 17.0 Å². The summed E-state index contributed by atoms with van der Waals surface area (Å²) in [6.07, 6.45) is 3.42. The lowest BCUT2D eigenvalue weighted by molar-refractivity contribution is -0.132. The Morgan fingerprint density at radius 2 is 1.08 bits per heavy atom. The van der Waals surface area contributed by atoms with Crippen LogP contribution in [0.4, 0.5) is 0 Å². The molecule has 0 fully saturated rings. The molecule has 0 saturated heterocycles. The molecule has 0 aromatic heterocycles. The van der Waals surface area contributed by atoms with Gasteiger partial charge in [-0.25, -0.2) is 0 Å². The number of benzene rings is 2. The Kier molecular flexibility index (Phi) is 4.53.